The number of benzene rings is 1. The van der Waals surface area contributed by atoms with Crippen molar-refractivity contribution in [2.45, 2.75) is 32.4 Å². The largest absolute Gasteiger partial charge is 0.339 e. The molecule has 3 rings (SSSR count). The Morgan fingerprint density at radius 2 is 2.12 bits per heavy atom. The van der Waals surface area contributed by atoms with E-state index in [0.717, 1.165) is 32.5 Å². The van der Waals surface area contributed by atoms with Gasteiger partial charge in [0.2, 0.25) is 5.91 Å². The molecule has 0 spiro atoms. The van der Waals surface area contributed by atoms with Crippen LogP contribution in [0.5, 0.6) is 0 Å². The van der Waals surface area contributed by atoms with Crippen molar-refractivity contribution in [3.05, 3.63) is 53.9 Å². The molecule has 0 radical (unpaired) electrons. The van der Waals surface area contributed by atoms with Gasteiger partial charge in [0.15, 0.2) is 0 Å². The third-order valence-electron chi connectivity index (χ3n) is 4.55. The smallest absolute Gasteiger partial charge is 0.236 e. The Labute approximate surface area is 143 Å². The van der Waals surface area contributed by atoms with Crippen LogP contribution in [0.2, 0.25) is 0 Å². The maximum atomic E-state index is 12.6. The number of rotatable bonds is 5. The minimum absolute atomic E-state index is 0.210. The second-order valence-electron chi connectivity index (χ2n) is 6.79. The van der Waals surface area contributed by atoms with Gasteiger partial charge in [-0.2, -0.15) is 5.10 Å². The number of aromatic nitrogens is 2. The summed E-state index contributed by atoms with van der Waals surface area (Å²) in [6.07, 6.45) is 6.08. The predicted octanol–water partition coefficient (Wildman–Crippen LogP) is 2.49. The maximum Gasteiger partial charge on any atom is 0.236 e. The Morgan fingerprint density at radius 3 is 2.83 bits per heavy atom. The summed E-state index contributed by atoms with van der Waals surface area (Å²) in [4.78, 5) is 16.7. The van der Waals surface area contributed by atoms with Gasteiger partial charge in [0.25, 0.3) is 0 Å². The molecule has 2 aromatic rings. The molecule has 0 bridgehead atoms. The van der Waals surface area contributed by atoms with Crippen molar-refractivity contribution in [3.63, 3.8) is 0 Å². The van der Waals surface area contributed by atoms with Crippen LogP contribution in [-0.4, -0.2) is 52.2 Å². The van der Waals surface area contributed by atoms with Gasteiger partial charge < -0.3 is 4.90 Å². The molecule has 0 saturated carbocycles. The first-order valence-electron chi connectivity index (χ1n) is 8.63. The number of hydrogen-bond donors (Lipinski definition) is 0. The van der Waals surface area contributed by atoms with Crippen molar-refractivity contribution < 1.29 is 4.79 Å². The first-order valence-corrected chi connectivity index (χ1v) is 8.63. The highest BCUT2D eigenvalue weighted by Gasteiger charge is 2.25. The molecule has 5 nitrogen and oxygen atoms in total. The number of amides is 1. The van der Waals surface area contributed by atoms with Gasteiger partial charge in [-0.15, -0.1) is 0 Å². The van der Waals surface area contributed by atoms with E-state index in [0.29, 0.717) is 12.6 Å². The molecule has 1 aliphatic heterocycles. The van der Waals surface area contributed by atoms with Crippen LogP contribution in [0, 0.1) is 6.92 Å². The summed E-state index contributed by atoms with van der Waals surface area (Å²) in [5.41, 5.74) is 2.40. The third kappa shape index (κ3) is 4.23. The molecule has 1 aromatic carbocycles. The average Bonchev–Trinajstić information content (AvgIpc) is 3.02. The van der Waals surface area contributed by atoms with E-state index in [1.54, 1.807) is 0 Å². The number of nitrogens with zero attached hydrogens (tertiary/aromatic N) is 4. The summed E-state index contributed by atoms with van der Waals surface area (Å²) >= 11 is 0. The van der Waals surface area contributed by atoms with Crippen molar-refractivity contribution in [3.8, 4) is 0 Å². The van der Waals surface area contributed by atoms with Crippen molar-refractivity contribution >= 4 is 5.91 Å². The second-order valence-corrected chi connectivity index (χ2v) is 6.79. The molecule has 1 amide bonds. The number of likely N-dealkylation sites (N-methyl/N-ethyl adjacent to an activating group) is 1. The lowest BCUT2D eigenvalue weighted by Crippen LogP contribution is -2.44. The molecule has 1 atom stereocenters. The van der Waals surface area contributed by atoms with Crippen LogP contribution in [0.25, 0.3) is 0 Å². The summed E-state index contributed by atoms with van der Waals surface area (Å²) in [6, 6.07) is 10.6. The summed E-state index contributed by atoms with van der Waals surface area (Å²) in [5, 5.41) is 4.42. The summed E-state index contributed by atoms with van der Waals surface area (Å²) < 4.78 is 2.02. The minimum Gasteiger partial charge on any atom is -0.339 e. The number of likely N-dealkylation sites (tertiary alicyclic amines) is 1. The average molecular weight is 326 g/mol. The van der Waals surface area contributed by atoms with Crippen molar-refractivity contribution in [2.24, 2.45) is 0 Å². The zero-order valence-electron chi connectivity index (χ0n) is 14.6. The molecule has 5 heteroatoms. The highest BCUT2D eigenvalue weighted by molar-refractivity contribution is 5.78. The monoisotopic (exact) mass is 326 g/mol. The van der Waals surface area contributed by atoms with Gasteiger partial charge in [-0.1, -0.05) is 30.3 Å². The number of aryl methyl sites for hydroxylation is 1. The van der Waals surface area contributed by atoms with Gasteiger partial charge >= 0.3 is 0 Å². The molecule has 0 aliphatic carbocycles. The molecule has 0 N–H and O–H groups in total. The van der Waals surface area contributed by atoms with Crippen LogP contribution in [0.3, 0.4) is 0 Å². The summed E-state index contributed by atoms with van der Waals surface area (Å²) in [7, 11) is 2.00. The van der Waals surface area contributed by atoms with Crippen LogP contribution in [0.1, 0.15) is 30.0 Å². The van der Waals surface area contributed by atoms with Gasteiger partial charge in [0.05, 0.1) is 18.8 Å². The number of carbonyl (C=O) groups excluding carboxylic acids is 1. The van der Waals surface area contributed by atoms with E-state index in [1.807, 2.05) is 47.9 Å². The predicted molar refractivity (Wildman–Crippen MR) is 94.6 cm³/mol. The molecule has 1 saturated heterocycles. The van der Waals surface area contributed by atoms with E-state index in [-0.39, 0.29) is 5.91 Å². The van der Waals surface area contributed by atoms with Gasteiger partial charge in [-0.3, -0.25) is 14.4 Å². The van der Waals surface area contributed by atoms with Crippen LogP contribution >= 0.6 is 0 Å². The quantitative estimate of drug-likeness (QED) is 0.848. The standard InChI is InChI=1S/C19H26N4O/c1-16-11-20-23(12-16)18-9-6-10-22(14-18)19(24)15-21(2)13-17-7-4-3-5-8-17/h3-5,7-8,11-12,18H,6,9-10,13-15H2,1-2H3/t18-/m1/s1. The number of piperidine rings is 1. The Morgan fingerprint density at radius 1 is 1.33 bits per heavy atom. The fraction of sp³-hybridized carbons (Fsp3) is 0.474. The molecular weight excluding hydrogens is 300 g/mol. The molecule has 128 valence electrons. The lowest BCUT2D eigenvalue weighted by atomic mass is 10.1. The Hall–Kier alpha value is -2.14. The maximum absolute atomic E-state index is 12.6. The fourth-order valence-electron chi connectivity index (χ4n) is 3.31. The van der Waals surface area contributed by atoms with E-state index in [1.165, 1.54) is 11.1 Å². The normalized spacial score (nSPS) is 18.1. The highest BCUT2D eigenvalue weighted by Crippen LogP contribution is 2.21. The first-order chi connectivity index (χ1) is 11.6. The van der Waals surface area contributed by atoms with Crippen molar-refractivity contribution in [2.75, 3.05) is 26.7 Å². The van der Waals surface area contributed by atoms with Gasteiger partial charge in [-0.25, -0.2) is 0 Å². The van der Waals surface area contributed by atoms with Crippen LogP contribution in [-0.2, 0) is 11.3 Å². The first kappa shape index (κ1) is 16.7. The summed E-state index contributed by atoms with van der Waals surface area (Å²) in [5.74, 6) is 0.210. The van der Waals surface area contributed by atoms with E-state index in [2.05, 4.69) is 28.3 Å². The molecule has 0 unspecified atom stereocenters. The van der Waals surface area contributed by atoms with Gasteiger partial charge in [-0.05, 0) is 37.9 Å². The highest BCUT2D eigenvalue weighted by atomic mass is 16.2. The third-order valence-corrected chi connectivity index (χ3v) is 4.55. The van der Waals surface area contributed by atoms with E-state index >= 15 is 0 Å². The molecule has 1 aliphatic rings. The molecule has 24 heavy (non-hydrogen) atoms. The summed E-state index contributed by atoms with van der Waals surface area (Å²) in [6.45, 7) is 4.92. The van der Waals surface area contributed by atoms with Crippen LogP contribution < -0.4 is 0 Å². The number of hydrogen-bond acceptors (Lipinski definition) is 3. The van der Waals surface area contributed by atoms with Gasteiger partial charge in [0.1, 0.15) is 0 Å². The van der Waals surface area contributed by atoms with Crippen LogP contribution in [0.4, 0.5) is 0 Å². The Balaban J connectivity index is 1.54. The lowest BCUT2D eigenvalue weighted by Gasteiger charge is -2.34. The Kier molecular flexibility index (Phi) is 5.30. The molecule has 1 aromatic heterocycles. The molecule has 2 heterocycles. The Bertz CT molecular complexity index is 667. The molecular formula is C19H26N4O. The SMILES string of the molecule is Cc1cnn([C@@H]2CCCN(C(=O)CN(C)Cc3ccccc3)C2)c1. The van der Waals surface area contributed by atoms with Gasteiger partial charge in [0, 0.05) is 25.8 Å². The lowest BCUT2D eigenvalue weighted by molar-refractivity contribution is -0.133. The second kappa shape index (κ2) is 7.62. The molecule has 1 fully saturated rings. The zero-order chi connectivity index (χ0) is 16.9. The number of carbonyl (C=O) groups is 1. The van der Waals surface area contributed by atoms with Crippen LogP contribution in [0.15, 0.2) is 42.7 Å². The zero-order valence-corrected chi connectivity index (χ0v) is 14.6. The van der Waals surface area contributed by atoms with E-state index in [9.17, 15) is 4.79 Å². The van der Waals surface area contributed by atoms with E-state index in [4.69, 9.17) is 0 Å². The topological polar surface area (TPSA) is 41.4 Å². The van der Waals surface area contributed by atoms with Crippen molar-refractivity contribution in [1.82, 2.24) is 19.6 Å². The minimum atomic E-state index is 0.210. The van der Waals surface area contributed by atoms with E-state index < -0.39 is 0 Å². The van der Waals surface area contributed by atoms with Crippen molar-refractivity contribution in [1.29, 1.82) is 0 Å². The fourth-order valence-corrected chi connectivity index (χ4v) is 3.31.